The zero-order chi connectivity index (χ0) is 20.5. The molecule has 1 fully saturated rings. The summed E-state index contributed by atoms with van der Waals surface area (Å²) in [5.74, 6) is 1.60. The van der Waals surface area contributed by atoms with Crippen LogP contribution in [0, 0.1) is 22.7 Å². The lowest BCUT2D eigenvalue weighted by Crippen LogP contribution is -2.53. The lowest BCUT2D eigenvalue weighted by Gasteiger charge is -2.39. The predicted molar refractivity (Wildman–Crippen MR) is 111 cm³/mol. The lowest BCUT2D eigenvalue weighted by molar-refractivity contribution is 0.0641. The second kappa shape index (κ2) is 10.5. The molecule has 6 heteroatoms. The number of piperazine rings is 1. The maximum Gasteiger partial charge on any atom is 0.119 e. The number of benzene rings is 2. The zero-order valence-corrected chi connectivity index (χ0v) is 16.8. The molecule has 1 unspecified atom stereocenters. The van der Waals surface area contributed by atoms with Gasteiger partial charge in [0.1, 0.15) is 24.7 Å². The van der Waals surface area contributed by atoms with Crippen LogP contribution in [0.25, 0.3) is 0 Å². The molecule has 150 valence electrons. The molecule has 0 N–H and O–H groups in total. The summed E-state index contributed by atoms with van der Waals surface area (Å²) >= 11 is 0. The highest BCUT2D eigenvalue weighted by Gasteiger charge is 2.23. The second-order valence-corrected chi connectivity index (χ2v) is 7.15. The van der Waals surface area contributed by atoms with E-state index < -0.39 is 0 Å². The Morgan fingerprint density at radius 1 is 0.828 bits per heavy atom. The molecule has 0 aliphatic carbocycles. The van der Waals surface area contributed by atoms with Gasteiger partial charge in [-0.1, -0.05) is 0 Å². The molecule has 1 atom stereocenters. The number of nitrogens with zero attached hydrogens (tertiary/aromatic N) is 4. The first-order valence-corrected chi connectivity index (χ1v) is 9.90. The number of hydrogen-bond donors (Lipinski definition) is 0. The predicted octanol–water partition coefficient (Wildman–Crippen LogP) is 2.89. The zero-order valence-electron chi connectivity index (χ0n) is 16.8. The van der Waals surface area contributed by atoms with Gasteiger partial charge in [-0.25, -0.2) is 0 Å². The van der Waals surface area contributed by atoms with Gasteiger partial charge in [0.05, 0.1) is 23.3 Å². The Morgan fingerprint density at radius 3 is 1.83 bits per heavy atom. The van der Waals surface area contributed by atoms with Crippen LogP contribution in [0.15, 0.2) is 48.5 Å². The van der Waals surface area contributed by atoms with Gasteiger partial charge in [0.15, 0.2) is 0 Å². The summed E-state index contributed by atoms with van der Waals surface area (Å²) in [5.41, 5.74) is 1.29. The molecule has 0 amide bonds. The Morgan fingerprint density at radius 2 is 1.34 bits per heavy atom. The van der Waals surface area contributed by atoms with E-state index in [1.54, 1.807) is 24.3 Å². The molecule has 0 bridgehead atoms. The van der Waals surface area contributed by atoms with Crippen molar-refractivity contribution in [2.45, 2.75) is 13.0 Å². The van der Waals surface area contributed by atoms with Crippen LogP contribution in [0.4, 0.5) is 0 Å². The monoisotopic (exact) mass is 390 g/mol. The fraction of sp³-hybridized carbons (Fsp3) is 0.391. The van der Waals surface area contributed by atoms with E-state index in [2.05, 4.69) is 28.9 Å². The molecule has 0 aromatic heterocycles. The van der Waals surface area contributed by atoms with Gasteiger partial charge in [0, 0.05) is 38.8 Å². The highest BCUT2D eigenvalue weighted by molar-refractivity contribution is 5.35. The van der Waals surface area contributed by atoms with E-state index in [4.69, 9.17) is 20.0 Å². The fourth-order valence-corrected chi connectivity index (χ4v) is 3.43. The van der Waals surface area contributed by atoms with E-state index in [-0.39, 0.29) is 0 Å². The molecule has 1 aliphatic rings. The first kappa shape index (κ1) is 20.7. The van der Waals surface area contributed by atoms with Gasteiger partial charge < -0.3 is 9.47 Å². The van der Waals surface area contributed by atoms with Crippen molar-refractivity contribution in [3.8, 4) is 23.6 Å². The number of rotatable bonds is 8. The minimum absolute atomic E-state index is 0.461. The molecule has 1 aliphatic heterocycles. The lowest BCUT2D eigenvalue weighted by atomic mass is 10.2. The van der Waals surface area contributed by atoms with Crippen LogP contribution >= 0.6 is 0 Å². The van der Waals surface area contributed by atoms with Crippen molar-refractivity contribution in [1.82, 2.24) is 9.80 Å². The third-order valence-corrected chi connectivity index (χ3v) is 5.14. The van der Waals surface area contributed by atoms with Crippen molar-refractivity contribution >= 4 is 0 Å². The molecule has 0 saturated carbocycles. The molecule has 0 radical (unpaired) electrons. The average Bonchev–Trinajstić information content (AvgIpc) is 2.76. The van der Waals surface area contributed by atoms with Crippen LogP contribution in [-0.4, -0.2) is 61.8 Å². The van der Waals surface area contributed by atoms with Crippen LogP contribution in [0.3, 0.4) is 0 Å². The third-order valence-electron chi connectivity index (χ3n) is 5.14. The molecule has 2 aromatic rings. The van der Waals surface area contributed by atoms with Crippen LogP contribution in [0.1, 0.15) is 18.1 Å². The van der Waals surface area contributed by atoms with Gasteiger partial charge in [-0.05, 0) is 55.5 Å². The summed E-state index contributed by atoms with van der Waals surface area (Å²) in [7, 11) is 0. The fourth-order valence-electron chi connectivity index (χ4n) is 3.43. The Hall–Kier alpha value is -3.06. The normalized spacial score (nSPS) is 17.3. The average molecular weight is 390 g/mol. The van der Waals surface area contributed by atoms with Gasteiger partial charge in [-0.2, -0.15) is 10.5 Å². The Kier molecular flexibility index (Phi) is 7.47. The largest absolute Gasteiger partial charge is 0.492 e. The molecule has 3 rings (SSSR count). The van der Waals surface area contributed by atoms with Gasteiger partial charge in [0.2, 0.25) is 0 Å². The Labute approximate surface area is 172 Å². The number of ether oxygens (including phenoxy) is 2. The van der Waals surface area contributed by atoms with Crippen LogP contribution in [0.5, 0.6) is 11.5 Å². The van der Waals surface area contributed by atoms with Gasteiger partial charge in [0.25, 0.3) is 0 Å². The van der Waals surface area contributed by atoms with Gasteiger partial charge in [-0.15, -0.1) is 0 Å². The van der Waals surface area contributed by atoms with Crippen LogP contribution < -0.4 is 9.47 Å². The van der Waals surface area contributed by atoms with Crippen molar-refractivity contribution in [2.24, 2.45) is 0 Å². The number of hydrogen-bond acceptors (Lipinski definition) is 6. The summed E-state index contributed by atoms with van der Waals surface area (Å²) in [5, 5.41) is 17.7. The molecule has 1 heterocycles. The molecule has 2 aromatic carbocycles. The summed E-state index contributed by atoms with van der Waals surface area (Å²) < 4.78 is 11.6. The smallest absolute Gasteiger partial charge is 0.119 e. The van der Waals surface area contributed by atoms with E-state index >= 15 is 0 Å². The second-order valence-electron chi connectivity index (χ2n) is 7.15. The van der Waals surface area contributed by atoms with Crippen molar-refractivity contribution in [1.29, 1.82) is 10.5 Å². The third kappa shape index (κ3) is 6.22. The molecule has 6 nitrogen and oxygen atoms in total. The van der Waals surface area contributed by atoms with Gasteiger partial charge in [-0.3, -0.25) is 9.80 Å². The maximum absolute atomic E-state index is 8.84. The van der Waals surface area contributed by atoms with Crippen molar-refractivity contribution in [3.63, 3.8) is 0 Å². The summed E-state index contributed by atoms with van der Waals surface area (Å²) in [4.78, 5) is 4.87. The van der Waals surface area contributed by atoms with Gasteiger partial charge >= 0.3 is 0 Å². The standard InChI is InChI=1S/C23H26N4O2/c1-19-18-26(12-14-28-22-6-2-20(16-24)3-7-22)10-11-27(19)13-15-29-23-8-4-21(17-25)5-9-23/h2-9,19H,10-15,18H2,1H3. The number of nitriles is 2. The molecule has 0 spiro atoms. The molecular formula is C23H26N4O2. The Balaban J connectivity index is 1.34. The topological polar surface area (TPSA) is 72.5 Å². The van der Waals surface area contributed by atoms with Crippen molar-refractivity contribution in [3.05, 3.63) is 59.7 Å². The van der Waals surface area contributed by atoms with E-state index in [0.717, 1.165) is 44.2 Å². The van der Waals surface area contributed by atoms with E-state index in [9.17, 15) is 0 Å². The van der Waals surface area contributed by atoms with E-state index in [1.165, 1.54) is 0 Å². The first-order chi connectivity index (χ1) is 14.2. The van der Waals surface area contributed by atoms with E-state index in [1.807, 2.05) is 24.3 Å². The van der Waals surface area contributed by atoms with E-state index in [0.29, 0.717) is 30.4 Å². The highest BCUT2D eigenvalue weighted by atomic mass is 16.5. The van der Waals surface area contributed by atoms with Crippen LogP contribution in [0.2, 0.25) is 0 Å². The molecule has 1 saturated heterocycles. The quantitative estimate of drug-likeness (QED) is 0.690. The minimum atomic E-state index is 0.461. The SMILES string of the molecule is CC1CN(CCOc2ccc(C#N)cc2)CCN1CCOc1ccc(C#N)cc1. The summed E-state index contributed by atoms with van der Waals surface area (Å²) in [6, 6.07) is 19.1. The molecular weight excluding hydrogens is 364 g/mol. The Bertz CT molecular complexity index is 852. The first-order valence-electron chi connectivity index (χ1n) is 9.90. The maximum atomic E-state index is 8.84. The molecule has 29 heavy (non-hydrogen) atoms. The minimum Gasteiger partial charge on any atom is -0.492 e. The summed E-state index contributed by atoms with van der Waals surface area (Å²) in [6.07, 6.45) is 0. The summed E-state index contributed by atoms with van der Waals surface area (Å²) in [6.45, 7) is 8.32. The highest BCUT2D eigenvalue weighted by Crippen LogP contribution is 2.14. The van der Waals surface area contributed by atoms with Crippen LogP contribution in [-0.2, 0) is 0 Å². The van der Waals surface area contributed by atoms with Crippen molar-refractivity contribution in [2.75, 3.05) is 45.9 Å². The van der Waals surface area contributed by atoms with Crippen molar-refractivity contribution < 1.29 is 9.47 Å².